The molecule has 0 heterocycles. The molecule has 0 radical (unpaired) electrons. The van der Waals surface area contributed by atoms with Crippen LogP contribution in [0.3, 0.4) is 0 Å². The molecule has 0 aromatic heterocycles. The number of halogens is 1. The zero-order valence-electron chi connectivity index (χ0n) is 7.51. The number of benzene rings is 1. The monoisotopic (exact) mass is 184 g/mol. The second-order valence-corrected chi connectivity index (χ2v) is 2.65. The molecule has 0 atom stereocenters. The quantitative estimate of drug-likeness (QED) is 0.550. The van der Waals surface area contributed by atoms with E-state index in [0.29, 0.717) is 24.5 Å². The van der Waals surface area contributed by atoms with Gasteiger partial charge in [-0.1, -0.05) is 0 Å². The van der Waals surface area contributed by atoms with E-state index in [0.717, 1.165) is 0 Å². The highest BCUT2D eigenvalue weighted by atomic mass is 19.1. The van der Waals surface area contributed by atoms with E-state index >= 15 is 0 Å². The first-order valence-corrected chi connectivity index (χ1v) is 4.02. The molecule has 0 aliphatic carbocycles. The van der Waals surface area contributed by atoms with Gasteiger partial charge in [0.15, 0.2) is 0 Å². The Hall–Kier alpha value is -1.29. The van der Waals surface area contributed by atoms with Gasteiger partial charge in [-0.2, -0.15) is 0 Å². The van der Waals surface area contributed by atoms with Crippen molar-refractivity contribution in [1.29, 1.82) is 0 Å². The van der Waals surface area contributed by atoms with Crippen molar-refractivity contribution in [3.05, 3.63) is 24.0 Å². The van der Waals surface area contributed by atoms with Gasteiger partial charge in [-0.25, -0.2) is 4.39 Å². The molecule has 0 aliphatic heterocycles. The molecule has 0 fully saturated rings. The van der Waals surface area contributed by atoms with Crippen molar-refractivity contribution >= 4 is 11.4 Å². The number of methoxy groups -OCH3 is 1. The highest BCUT2D eigenvalue weighted by molar-refractivity contribution is 5.65. The van der Waals surface area contributed by atoms with E-state index in [1.54, 1.807) is 7.11 Å². The summed E-state index contributed by atoms with van der Waals surface area (Å²) in [4.78, 5) is 0. The van der Waals surface area contributed by atoms with Crippen molar-refractivity contribution in [2.24, 2.45) is 0 Å². The molecular weight excluding hydrogens is 171 g/mol. The number of nitrogens with two attached hydrogens (primary N) is 1. The van der Waals surface area contributed by atoms with Gasteiger partial charge in [0, 0.05) is 13.7 Å². The molecule has 3 nitrogen and oxygen atoms in total. The van der Waals surface area contributed by atoms with Crippen molar-refractivity contribution in [2.45, 2.75) is 0 Å². The standard InChI is InChI=1S/C9H13FN2O/c1-13-5-4-12-9-6-7(10)2-3-8(9)11/h2-3,6,12H,4-5,11H2,1H3. The Morgan fingerprint density at radius 3 is 3.00 bits per heavy atom. The van der Waals surface area contributed by atoms with Crippen LogP contribution in [0.4, 0.5) is 15.8 Å². The lowest BCUT2D eigenvalue weighted by atomic mass is 10.2. The summed E-state index contributed by atoms with van der Waals surface area (Å²) in [6, 6.07) is 4.23. The number of anilines is 2. The Morgan fingerprint density at radius 1 is 1.54 bits per heavy atom. The molecule has 1 aromatic carbocycles. The van der Waals surface area contributed by atoms with Crippen LogP contribution in [0.5, 0.6) is 0 Å². The van der Waals surface area contributed by atoms with Crippen LogP contribution in [-0.2, 0) is 4.74 Å². The van der Waals surface area contributed by atoms with E-state index in [1.165, 1.54) is 18.2 Å². The summed E-state index contributed by atoms with van der Waals surface area (Å²) >= 11 is 0. The van der Waals surface area contributed by atoms with Crippen LogP contribution in [0.2, 0.25) is 0 Å². The molecule has 1 aromatic rings. The molecule has 0 spiro atoms. The fraction of sp³-hybridized carbons (Fsp3) is 0.333. The van der Waals surface area contributed by atoms with Gasteiger partial charge in [0.25, 0.3) is 0 Å². The number of rotatable bonds is 4. The average molecular weight is 184 g/mol. The predicted octanol–water partition coefficient (Wildman–Crippen LogP) is 1.47. The van der Waals surface area contributed by atoms with Crippen molar-refractivity contribution in [3.8, 4) is 0 Å². The molecule has 0 saturated carbocycles. The van der Waals surface area contributed by atoms with E-state index < -0.39 is 0 Å². The third kappa shape index (κ3) is 2.91. The molecule has 13 heavy (non-hydrogen) atoms. The third-order valence-electron chi connectivity index (χ3n) is 1.64. The molecule has 4 heteroatoms. The molecule has 0 unspecified atom stereocenters. The second kappa shape index (κ2) is 4.67. The number of hydrogen-bond donors (Lipinski definition) is 2. The summed E-state index contributed by atoms with van der Waals surface area (Å²) in [6.07, 6.45) is 0. The average Bonchev–Trinajstić information content (AvgIpc) is 2.11. The van der Waals surface area contributed by atoms with Crippen LogP contribution in [-0.4, -0.2) is 20.3 Å². The Morgan fingerprint density at radius 2 is 2.31 bits per heavy atom. The van der Waals surface area contributed by atoms with Crippen LogP contribution in [0.1, 0.15) is 0 Å². The number of hydrogen-bond acceptors (Lipinski definition) is 3. The van der Waals surface area contributed by atoms with Gasteiger partial charge in [-0.15, -0.1) is 0 Å². The molecule has 0 amide bonds. The maximum absolute atomic E-state index is 12.7. The van der Waals surface area contributed by atoms with Crippen molar-refractivity contribution in [3.63, 3.8) is 0 Å². The van der Waals surface area contributed by atoms with Gasteiger partial charge in [0.1, 0.15) is 5.82 Å². The first kappa shape index (κ1) is 9.80. The number of nitrogens with one attached hydrogen (secondary N) is 1. The highest BCUT2D eigenvalue weighted by Crippen LogP contribution is 2.18. The molecular formula is C9H13FN2O. The number of nitrogen functional groups attached to an aromatic ring is 1. The predicted molar refractivity (Wildman–Crippen MR) is 51.2 cm³/mol. The van der Waals surface area contributed by atoms with Crippen LogP contribution in [0.15, 0.2) is 18.2 Å². The normalized spacial score (nSPS) is 10.0. The van der Waals surface area contributed by atoms with Crippen LogP contribution in [0, 0.1) is 5.82 Å². The first-order chi connectivity index (χ1) is 6.24. The van der Waals surface area contributed by atoms with Gasteiger partial charge < -0.3 is 15.8 Å². The zero-order chi connectivity index (χ0) is 9.68. The fourth-order valence-electron chi connectivity index (χ4n) is 0.969. The molecule has 0 bridgehead atoms. The minimum atomic E-state index is -0.297. The second-order valence-electron chi connectivity index (χ2n) is 2.65. The lowest BCUT2D eigenvalue weighted by Crippen LogP contribution is -2.09. The fourth-order valence-corrected chi connectivity index (χ4v) is 0.969. The summed E-state index contributed by atoms with van der Waals surface area (Å²) in [5, 5.41) is 2.96. The minimum Gasteiger partial charge on any atom is -0.397 e. The topological polar surface area (TPSA) is 47.3 Å². The van der Waals surface area contributed by atoms with Crippen molar-refractivity contribution in [1.82, 2.24) is 0 Å². The van der Waals surface area contributed by atoms with Crippen LogP contribution >= 0.6 is 0 Å². The summed E-state index contributed by atoms with van der Waals surface area (Å²) in [7, 11) is 1.61. The highest BCUT2D eigenvalue weighted by Gasteiger charge is 1.99. The van der Waals surface area contributed by atoms with E-state index in [9.17, 15) is 4.39 Å². The van der Waals surface area contributed by atoms with Gasteiger partial charge in [-0.05, 0) is 18.2 Å². The maximum Gasteiger partial charge on any atom is 0.125 e. The maximum atomic E-state index is 12.7. The van der Waals surface area contributed by atoms with Crippen molar-refractivity contribution in [2.75, 3.05) is 31.3 Å². The zero-order valence-corrected chi connectivity index (χ0v) is 7.51. The van der Waals surface area contributed by atoms with Crippen LogP contribution < -0.4 is 11.1 Å². The Balaban J connectivity index is 2.59. The van der Waals surface area contributed by atoms with Gasteiger partial charge in [0.05, 0.1) is 18.0 Å². The Kier molecular flexibility index (Phi) is 3.52. The number of ether oxygens (including phenoxy) is 1. The van der Waals surface area contributed by atoms with Gasteiger partial charge >= 0.3 is 0 Å². The summed E-state index contributed by atoms with van der Waals surface area (Å²) in [5.41, 5.74) is 6.75. The molecule has 3 N–H and O–H groups in total. The van der Waals surface area contributed by atoms with Crippen LogP contribution in [0.25, 0.3) is 0 Å². The molecule has 72 valence electrons. The van der Waals surface area contributed by atoms with E-state index in [2.05, 4.69) is 5.32 Å². The molecule has 1 rings (SSSR count). The largest absolute Gasteiger partial charge is 0.397 e. The molecule has 0 aliphatic rings. The first-order valence-electron chi connectivity index (χ1n) is 4.02. The summed E-state index contributed by atoms with van der Waals surface area (Å²) < 4.78 is 17.6. The van der Waals surface area contributed by atoms with E-state index in [1.807, 2.05) is 0 Å². The van der Waals surface area contributed by atoms with E-state index in [-0.39, 0.29) is 5.82 Å². The smallest absolute Gasteiger partial charge is 0.125 e. The van der Waals surface area contributed by atoms with Gasteiger partial charge in [0.2, 0.25) is 0 Å². The van der Waals surface area contributed by atoms with Crippen molar-refractivity contribution < 1.29 is 9.13 Å². The lowest BCUT2D eigenvalue weighted by molar-refractivity contribution is 0.211. The summed E-state index contributed by atoms with van der Waals surface area (Å²) in [5.74, 6) is -0.297. The minimum absolute atomic E-state index is 0.297. The lowest BCUT2D eigenvalue weighted by Gasteiger charge is -2.08. The molecule has 0 saturated heterocycles. The van der Waals surface area contributed by atoms with E-state index in [4.69, 9.17) is 10.5 Å². The Labute approximate surface area is 76.7 Å². The third-order valence-corrected chi connectivity index (χ3v) is 1.64. The van der Waals surface area contributed by atoms with Gasteiger partial charge in [-0.3, -0.25) is 0 Å². The Bertz CT molecular complexity index is 278. The SMILES string of the molecule is COCCNc1cc(F)ccc1N. The summed E-state index contributed by atoms with van der Waals surface area (Å²) in [6.45, 7) is 1.18.